The van der Waals surface area contributed by atoms with Gasteiger partial charge in [-0.25, -0.2) is 4.98 Å². The molecule has 86 valence electrons. The summed E-state index contributed by atoms with van der Waals surface area (Å²) >= 11 is 0. The van der Waals surface area contributed by atoms with Crippen molar-refractivity contribution >= 4 is 5.97 Å². The van der Waals surface area contributed by atoms with Crippen LogP contribution in [0.1, 0.15) is 6.42 Å². The SMILES string of the molecule is COC(=O)[C@@H]1C[C@@H](Oc2cnccn2)CN1. The van der Waals surface area contributed by atoms with Crippen molar-refractivity contribution in [1.82, 2.24) is 15.3 Å². The van der Waals surface area contributed by atoms with Gasteiger partial charge in [0.15, 0.2) is 0 Å². The molecule has 2 atom stereocenters. The summed E-state index contributed by atoms with van der Waals surface area (Å²) in [5, 5.41) is 3.03. The molecule has 0 amide bonds. The molecule has 0 aliphatic carbocycles. The summed E-state index contributed by atoms with van der Waals surface area (Å²) in [6.45, 7) is 0.607. The van der Waals surface area contributed by atoms with E-state index in [2.05, 4.69) is 20.0 Å². The Hall–Kier alpha value is -1.69. The van der Waals surface area contributed by atoms with Gasteiger partial charge in [0.2, 0.25) is 5.88 Å². The average molecular weight is 223 g/mol. The molecule has 1 saturated heterocycles. The zero-order valence-electron chi connectivity index (χ0n) is 8.92. The fourth-order valence-electron chi connectivity index (χ4n) is 1.63. The van der Waals surface area contributed by atoms with Gasteiger partial charge in [0.1, 0.15) is 12.1 Å². The summed E-state index contributed by atoms with van der Waals surface area (Å²) < 4.78 is 10.2. The number of esters is 1. The molecular formula is C10H13N3O3. The first kappa shape index (κ1) is 10.8. The number of aromatic nitrogens is 2. The van der Waals surface area contributed by atoms with E-state index < -0.39 is 0 Å². The molecule has 0 saturated carbocycles. The first-order valence-electron chi connectivity index (χ1n) is 5.03. The summed E-state index contributed by atoms with van der Waals surface area (Å²) in [5.74, 6) is 0.213. The summed E-state index contributed by atoms with van der Waals surface area (Å²) in [5.41, 5.74) is 0. The standard InChI is InChI=1S/C10H13N3O3/c1-15-10(14)8-4-7(5-13-8)16-9-6-11-2-3-12-9/h2-3,6-8,13H,4-5H2,1H3/t7-,8+/m1/s1. The number of methoxy groups -OCH3 is 1. The minimum absolute atomic E-state index is 0.0687. The van der Waals surface area contributed by atoms with Crippen LogP contribution in [0.5, 0.6) is 5.88 Å². The summed E-state index contributed by atoms with van der Waals surface area (Å²) in [4.78, 5) is 19.1. The zero-order valence-corrected chi connectivity index (χ0v) is 8.92. The quantitative estimate of drug-likeness (QED) is 0.713. The molecule has 1 fully saturated rings. The molecule has 0 bridgehead atoms. The summed E-state index contributed by atoms with van der Waals surface area (Å²) in [6.07, 6.45) is 5.21. The summed E-state index contributed by atoms with van der Waals surface area (Å²) in [6, 6.07) is -0.285. The van der Waals surface area contributed by atoms with Crippen LogP contribution in [0, 0.1) is 0 Å². The van der Waals surface area contributed by atoms with Crippen molar-refractivity contribution in [2.24, 2.45) is 0 Å². The molecule has 0 aromatic carbocycles. The Morgan fingerprint density at radius 1 is 1.56 bits per heavy atom. The fourth-order valence-corrected chi connectivity index (χ4v) is 1.63. The van der Waals surface area contributed by atoms with Gasteiger partial charge in [-0.1, -0.05) is 0 Å². The van der Waals surface area contributed by atoms with Crippen molar-refractivity contribution < 1.29 is 14.3 Å². The number of nitrogens with one attached hydrogen (secondary N) is 1. The molecule has 6 nitrogen and oxygen atoms in total. The Balaban J connectivity index is 1.88. The lowest BCUT2D eigenvalue weighted by Gasteiger charge is -2.10. The van der Waals surface area contributed by atoms with Gasteiger partial charge >= 0.3 is 5.97 Å². The molecule has 1 N–H and O–H groups in total. The van der Waals surface area contributed by atoms with Crippen LogP contribution in [-0.4, -0.2) is 41.7 Å². The maximum Gasteiger partial charge on any atom is 0.323 e. The molecule has 1 aromatic heterocycles. The highest BCUT2D eigenvalue weighted by Gasteiger charge is 2.31. The van der Waals surface area contributed by atoms with E-state index in [1.807, 2.05) is 0 Å². The Morgan fingerprint density at radius 2 is 2.44 bits per heavy atom. The number of hydrogen-bond acceptors (Lipinski definition) is 6. The molecule has 2 heterocycles. The first-order chi connectivity index (χ1) is 7.79. The van der Waals surface area contributed by atoms with E-state index in [0.717, 1.165) is 0 Å². The predicted octanol–water partition coefficient (Wildman–Crippen LogP) is -0.241. The van der Waals surface area contributed by atoms with Crippen LogP contribution in [0.15, 0.2) is 18.6 Å². The highest BCUT2D eigenvalue weighted by Crippen LogP contribution is 2.14. The van der Waals surface area contributed by atoms with Gasteiger partial charge < -0.3 is 14.8 Å². The van der Waals surface area contributed by atoms with Crippen molar-refractivity contribution in [2.75, 3.05) is 13.7 Å². The number of ether oxygens (including phenoxy) is 2. The van der Waals surface area contributed by atoms with E-state index in [0.29, 0.717) is 18.8 Å². The lowest BCUT2D eigenvalue weighted by Crippen LogP contribution is -2.31. The third-order valence-corrected chi connectivity index (χ3v) is 2.40. The van der Waals surface area contributed by atoms with Gasteiger partial charge in [0, 0.05) is 25.4 Å². The van der Waals surface area contributed by atoms with E-state index >= 15 is 0 Å². The van der Waals surface area contributed by atoms with E-state index in [-0.39, 0.29) is 18.1 Å². The third-order valence-electron chi connectivity index (χ3n) is 2.40. The Labute approximate surface area is 93.0 Å². The lowest BCUT2D eigenvalue weighted by atomic mass is 10.2. The van der Waals surface area contributed by atoms with Gasteiger partial charge in [-0.2, -0.15) is 0 Å². The van der Waals surface area contributed by atoms with Crippen LogP contribution < -0.4 is 10.1 Å². The molecule has 2 rings (SSSR count). The van der Waals surface area contributed by atoms with Gasteiger partial charge in [-0.3, -0.25) is 9.78 Å². The number of rotatable bonds is 3. The van der Waals surface area contributed by atoms with Gasteiger partial charge in [-0.15, -0.1) is 0 Å². The molecular weight excluding hydrogens is 210 g/mol. The van der Waals surface area contributed by atoms with Crippen LogP contribution in [0.3, 0.4) is 0 Å². The molecule has 0 spiro atoms. The molecule has 0 unspecified atom stereocenters. The Kier molecular flexibility index (Phi) is 3.31. The van der Waals surface area contributed by atoms with Crippen LogP contribution in [0.2, 0.25) is 0 Å². The second-order valence-corrected chi connectivity index (χ2v) is 3.50. The molecule has 16 heavy (non-hydrogen) atoms. The number of carbonyl (C=O) groups excluding carboxylic acids is 1. The highest BCUT2D eigenvalue weighted by molar-refractivity contribution is 5.76. The molecule has 1 aliphatic rings. The van der Waals surface area contributed by atoms with Crippen molar-refractivity contribution in [3.8, 4) is 5.88 Å². The van der Waals surface area contributed by atoms with Crippen LogP contribution in [0.25, 0.3) is 0 Å². The predicted molar refractivity (Wildman–Crippen MR) is 54.9 cm³/mol. The normalized spacial score (nSPS) is 24.1. The van der Waals surface area contributed by atoms with Crippen molar-refractivity contribution in [3.05, 3.63) is 18.6 Å². The van der Waals surface area contributed by atoms with Gasteiger partial charge in [0.25, 0.3) is 0 Å². The third kappa shape index (κ3) is 2.46. The monoisotopic (exact) mass is 223 g/mol. The Bertz CT molecular complexity index is 358. The minimum Gasteiger partial charge on any atom is -0.472 e. The van der Waals surface area contributed by atoms with Crippen molar-refractivity contribution in [3.63, 3.8) is 0 Å². The summed E-state index contributed by atoms with van der Waals surface area (Å²) in [7, 11) is 1.38. The van der Waals surface area contributed by atoms with Crippen molar-refractivity contribution in [1.29, 1.82) is 0 Å². The Morgan fingerprint density at radius 3 is 3.12 bits per heavy atom. The van der Waals surface area contributed by atoms with Crippen LogP contribution in [0.4, 0.5) is 0 Å². The van der Waals surface area contributed by atoms with E-state index in [9.17, 15) is 4.79 Å². The van der Waals surface area contributed by atoms with E-state index in [4.69, 9.17) is 4.74 Å². The van der Waals surface area contributed by atoms with Crippen LogP contribution in [-0.2, 0) is 9.53 Å². The molecule has 1 aliphatic heterocycles. The number of hydrogen-bond donors (Lipinski definition) is 1. The van der Waals surface area contributed by atoms with Gasteiger partial charge in [-0.05, 0) is 0 Å². The molecule has 6 heteroatoms. The molecule has 0 radical (unpaired) electrons. The molecule has 1 aromatic rings. The first-order valence-corrected chi connectivity index (χ1v) is 5.03. The maximum atomic E-state index is 11.2. The highest BCUT2D eigenvalue weighted by atomic mass is 16.5. The van der Waals surface area contributed by atoms with E-state index in [1.54, 1.807) is 18.6 Å². The maximum absolute atomic E-state index is 11.2. The average Bonchev–Trinajstić information content (AvgIpc) is 2.78. The fraction of sp³-hybridized carbons (Fsp3) is 0.500. The van der Waals surface area contributed by atoms with Crippen molar-refractivity contribution in [2.45, 2.75) is 18.6 Å². The number of carbonyl (C=O) groups is 1. The van der Waals surface area contributed by atoms with Crippen LogP contribution >= 0.6 is 0 Å². The zero-order chi connectivity index (χ0) is 11.4. The topological polar surface area (TPSA) is 73.3 Å². The lowest BCUT2D eigenvalue weighted by molar-refractivity contribution is -0.142. The van der Waals surface area contributed by atoms with E-state index in [1.165, 1.54) is 7.11 Å². The second kappa shape index (κ2) is 4.89. The largest absolute Gasteiger partial charge is 0.472 e. The smallest absolute Gasteiger partial charge is 0.323 e. The second-order valence-electron chi connectivity index (χ2n) is 3.50. The van der Waals surface area contributed by atoms with Gasteiger partial charge in [0.05, 0.1) is 13.3 Å². The number of nitrogens with zero attached hydrogens (tertiary/aromatic N) is 2. The minimum atomic E-state index is -0.285.